The molecule has 2 heterocycles. The standard InChI is InChI=1S/C12H24O6.C12H24O5/c1-6(2)16-5-8-9(13)10(14)11(15)12(18-8)17-7(3)4;1-6(2)12-11(15)10(14)9(13)8(17-12)5-16-7(3)4/h6-15H,5H2,1-4H3;6-15H,5H2,1-4H3/t2*8-,9-,10+,11-,12?/m11/s1. The van der Waals surface area contributed by atoms with Gasteiger partial charge < -0.3 is 54.3 Å². The van der Waals surface area contributed by atoms with Crippen molar-refractivity contribution >= 4 is 0 Å². The number of aliphatic hydroxyl groups excluding tert-OH is 6. The van der Waals surface area contributed by atoms with Gasteiger partial charge in [-0.15, -0.1) is 0 Å². The predicted octanol–water partition coefficient (Wildman–Crippen LogP) is -0.438. The number of hydrogen-bond donors (Lipinski definition) is 6. The van der Waals surface area contributed by atoms with Crippen LogP contribution in [-0.4, -0.2) is 123 Å². The van der Waals surface area contributed by atoms with Crippen molar-refractivity contribution in [3.05, 3.63) is 0 Å². The normalized spacial score (nSPS) is 38.2. The molecule has 2 saturated heterocycles. The van der Waals surface area contributed by atoms with E-state index in [1.165, 1.54) is 0 Å². The summed E-state index contributed by atoms with van der Waals surface area (Å²) in [7, 11) is 0. The molecule has 35 heavy (non-hydrogen) atoms. The van der Waals surface area contributed by atoms with Crippen LogP contribution in [0.15, 0.2) is 0 Å². The molecule has 0 radical (unpaired) electrons. The zero-order valence-corrected chi connectivity index (χ0v) is 22.2. The molecule has 0 amide bonds. The Hall–Kier alpha value is -0.440. The second-order valence-electron chi connectivity index (χ2n) is 10.3. The molecule has 2 rings (SSSR count). The fraction of sp³-hybridized carbons (Fsp3) is 1.00. The Morgan fingerprint density at radius 2 is 0.971 bits per heavy atom. The average Bonchev–Trinajstić information content (AvgIpc) is 2.76. The van der Waals surface area contributed by atoms with E-state index in [0.717, 1.165) is 0 Å². The van der Waals surface area contributed by atoms with E-state index in [-0.39, 0.29) is 37.4 Å². The fourth-order valence-corrected chi connectivity index (χ4v) is 3.68. The monoisotopic (exact) mass is 512 g/mol. The van der Waals surface area contributed by atoms with E-state index in [2.05, 4.69) is 0 Å². The molecule has 0 aromatic carbocycles. The molecular formula is C24H48O11. The zero-order chi connectivity index (χ0) is 27.0. The van der Waals surface area contributed by atoms with Gasteiger partial charge in [-0.2, -0.15) is 0 Å². The zero-order valence-electron chi connectivity index (χ0n) is 22.2. The molecule has 11 nitrogen and oxygen atoms in total. The Morgan fingerprint density at radius 1 is 0.543 bits per heavy atom. The van der Waals surface area contributed by atoms with Crippen LogP contribution < -0.4 is 0 Å². The highest BCUT2D eigenvalue weighted by molar-refractivity contribution is 4.93. The maximum absolute atomic E-state index is 9.81. The van der Waals surface area contributed by atoms with Gasteiger partial charge >= 0.3 is 0 Å². The molecule has 0 aromatic rings. The van der Waals surface area contributed by atoms with Gasteiger partial charge in [-0.1, -0.05) is 13.8 Å². The van der Waals surface area contributed by atoms with Crippen LogP contribution in [-0.2, 0) is 23.7 Å². The first kappa shape index (κ1) is 32.6. The van der Waals surface area contributed by atoms with Crippen molar-refractivity contribution in [3.63, 3.8) is 0 Å². The summed E-state index contributed by atoms with van der Waals surface area (Å²) >= 11 is 0. The molecule has 0 aromatic heterocycles. The second-order valence-corrected chi connectivity index (χ2v) is 10.3. The molecule has 11 heteroatoms. The van der Waals surface area contributed by atoms with Gasteiger partial charge in [0, 0.05) is 0 Å². The van der Waals surface area contributed by atoms with E-state index < -0.39 is 61.2 Å². The van der Waals surface area contributed by atoms with Crippen molar-refractivity contribution < 1.29 is 54.3 Å². The lowest BCUT2D eigenvalue weighted by Gasteiger charge is -2.42. The van der Waals surface area contributed by atoms with Gasteiger partial charge in [-0.05, 0) is 47.5 Å². The number of aliphatic hydroxyl groups is 6. The quantitative estimate of drug-likeness (QED) is 0.237. The van der Waals surface area contributed by atoms with Crippen molar-refractivity contribution in [3.8, 4) is 0 Å². The smallest absolute Gasteiger partial charge is 0.186 e. The summed E-state index contributed by atoms with van der Waals surface area (Å²) in [6.07, 6.45) is -9.97. The highest BCUT2D eigenvalue weighted by Crippen LogP contribution is 2.26. The Kier molecular flexibility index (Phi) is 14.0. The van der Waals surface area contributed by atoms with Gasteiger partial charge in [0.05, 0.1) is 37.6 Å². The van der Waals surface area contributed by atoms with Crippen LogP contribution in [0.25, 0.3) is 0 Å². The molecule has 2 unspecified atom stereocenters. The lowest BCUT2D eigenvalue weighted by molar-refractivity contribution is -0.311. The van der Waals surface area contributed by atoms with E-state index in [1.807, 2.05) is 41.5 Å². The fourth-order valence-electron chi connectivity index (χ4n) is 3.68. The molecule has 0 saturated carbocycles. The van der Waals surface area contributed by atoms with Gasteiger partial charge in [0.1, 0.15) is 48.8 Å². The van der Waals surface area contributed by atoms with Crippen LogP contribution in [0.1, 0.15) is 55.4 Å². The van der Waals surface area contributed by atoms with Crippen molar-refractivity contribution in [1.29, 1.82) is 0 Å². The minimum atomic E-state index is -1.30. The predicted molar refractivity (Wildman–Crippen MR) is 127 cm³/mol. The molecule has 210 valence electrons. The molecular weight excluding hydrogens is 464 g/mol. The number of ether oxygens (including phenoxy) is 5. The third-order valence-electron chi connectivity index (χ3n) is 5.67. The summed E-state index contributed by atoms with van der Waals surface area (Å²) < 4.78 is 27.1. The molecule has 0 aliphatic carbocycles. The van der Waals surface area contributed by atoms with E-state index in [0.29, 0.717) is 0 Å². The summed E-state index contributed by atoms with van der Waals surface area (Å²) in [6.45, 7) is 15.3. The molecule has 2 aliphatic rings. The minimum absolute atomic E-state index is 0.00531. The van der Waals surface area contributed by atoms with E-state index in [1.54, 1.807) is 13.8 Å². The maximum Gasteiger partial charge on any atom is 0.186 e. The summed E-state index contributed by atoms with van der Waals surface area (Å²) in [5.74, 6) is 0.0636. The topological polar surface area (TPSA) is 168 Å². The lowest BCUT2D eigenvalue weighted by atomic mass is 9.89. The Labute approximate surface area is 208 Å². The van der Waals surface area contributed by atoms with E-state index in [9.17, 15) is 30.6 Å². The van der Waals surface area contributed by atoms with Crippen LogP contribution >= 0.6 is 0 Å². The lowest BCUT2D eigenvalue weighted by Crippen LogP contribution is -2.60. The summed E-state index contributed by atoms with van der Waals surface area (Å²) in [5, 5.41) is 58.7. The third kappa shape index (κ3) is 10.1. The van der Waals surface area contributed by atoms with Gasteiger partial charge in [0.15, 0.2) is 6.29 Å². The Morgan fingerprint density at radius 3 is 1.37 bits per heavy atom. The van der Waals surface area contributed by atoms with E-state index in [4.69, 9.17) is 23.7 Å². The largest absolute Gasteiger partial charge is 0.388 e. The summed E-state index contributed by atoms with van der Waals surface area (Å²) in [5.41, 5.74) is 0. The van der Waals surface area contributed by atoms with Crippen LogP contribution in [0.2, 0.25) is 0 Å². The van der Waals surface area contributed by atoms with E-state index >= 15 is 0 Å². The van der Waals surface area contributed by atoms with Gasteiger partial charge in [-0.3, -0.25) is 0 Å². The number of rotatable bonds is 9. The molecule has 2 fully saturated rings. The van der Waals surface area contributed by atoms with Crippen molar-refractivity contribution in [2.75, 3.05) is 13.2 Å². The van der Waals surface area contributed by atoms with Gasteiger partial charge in [0.2, 0.25) is 0 Å². The highest BCUT2D eigenvalue weighted by Gasteiger charge is 2.45. The van der Waals surface area contributed by atoms with Crippen LogP contribution in [0.3, 0.4) is 0 Å². The molecule has 0 bridgehead atoms. The van der Waals surface area contributed by atoms with Crippen LogP contribution in [0.5, 0.6) is 0 Å². The minimum Gasteiger partial charge on any atom is -0.388 e. The first-order valence-electron chi connectivity index (χ1n) is 12.4. The highest BCUT2D eigenvalue weighted by atomic mass is 16.7. The molecule has 10 atom stereocenters. The molecule has 6 N–H and O–H groups in total. The first-order valence-corrected chi connectivity index (χ1v) is 12.4. The van der Waals surface area contributed by atoms with Crippen LogP contribution in [0.4, 0.5) is 0 Å². The first-order chi connectivity index (χ1) is 16.2. The van der Waals surface area contributed by atoms with Crippen molar-refractivity contribution in [2.24, 2.45) is 5.92 Å². The Balaban J connectivity index is 0.000000351. The van der Waals surface area contributed by atoms with Gasteiger partial charge in [0.25, 0.3) is 0 Å². The van der Waals surface area contributed by atoms with Crippen molar-refractivity contribution in [2.45, 2.75) is 135 Å². The molecule has 0 spiro atoms. The SMILES string of the molecule is CC(C)OC[C@H]1OC(C(C)C)[C@H](O)[C@@H](O)[C@@H]1O.CC(C)OC[C@H]1OC(OC(C)C)[C@H](O)[C@@H](O)[C@@H]1O. The number of hydrogen-bond acceptors (Lipinski definition) is 11. The van der Waals surface area contributed by atoms with Gasteiger partial charge in [-0.25, -0.2) is 0 Å². The van der Waals surface area contributed by atoms with Crippen LogP contribution in [0, 0.1) is 5.92 Å². The summed E-state index contributed by atoms with van der Waals surface area (Å²) in [4.78, 5) is 0. The van der Waals surface area contributed by atoms with Crippen molar-refractivity contribution in [1.82, 2.24) is 0 Å². The third-order valence-corrected chi connectivity index (χ3v) is 5.67. The Bertz CT molecular complexity index is 572. The maximum atomic E-state index is 9.81. The second kappa shape index (κ2) is 15.1. The average molecular weight is 513 g/mol. The summed E-state index contributed by atoms with van der Waals surface area (Å²) in [6, 6.07) is 0. The molecule has 2 aliphatic heterocycles.